The normalized spacial score (nSPS) is 13.1. The molecule has 0 saturated carbocycles. The van der Waals surface area contributed by atoms with Gasteiger partial charge in [-0.05, 0) is 24.6 Å². The minimum atomic E-state index is -4.81. The van der Waals surface area contributed by atoms with Crippen LogP contribution in [0, 0.1) is 6.92 Å². The number of alkyl halides is 3. The molecule has 1 aromatic carbocycles. The fourth-order valence-corrected chi connectivity index (χ4v) is 1.72. The molecule has 20 heavy (non-hydrogen) atoms. The molecule has 0 amide bonds. The first kappa shape index (κ1) is 14.3. The zero-order valence-corrected chi connectivity index (χ0v) is 10.6. The van der Waals surface area contributed by atoms with Gasteiger partial charge in [0.05, 0.1) is 5.69 Å². The van der Waals surface area contributed by atoms with E-state index in [-0.39, 0.29) is 11.3 Å². The SMILES string of the molecule is Cc1ccc(C(O)c2ccccc2OC(F)(F)F)nc1. The molecule has 0 saturated heterocycles. The Bertz CT molecular complexity index is 582. The lowest BCUT2D eigenvalue weighted by molar-refractivity contribution is -0.275. The van der Waals surface area contributed by atoms with Crippen molar-refractivity contribution in [3.05, 3.63) is 59.4 Å². The van der Waals surface area contributed by atoms with Crippen LogP contribution in [0.1, 0.15) is 22.9 Å². The molecule has 1 aromatic heterocycles. The van der Waals surface area contributed by atoms with Crippen molar-refractivity contribution in [2.24, 2.45) is 0 Å². The molecule has 0 fully saturated rings. The fourth-order valence-electron chi connectivity index (χ4n) is 1.72. The first-order chi connectivity index (χ1) is 9.37. The van der Waals surface area contributed by atoms with Crippen molar-refractivity contribution in [1.82, 2.24) is 4.98 Å². The van der Waals surface area contributed by atoms with Gasteiger partial charge >= 0.3 is 6.36 Å². The molecular formula is C14H12F3NO2. The number of pyridine rings is 1. The van der Waals surface area contributed by atoms with E-state index in [1.54, 1.807) is 12.1 Å². The standard InChI is InChI=1S/C14H12F3NO2/c1-9-6-7-11(18-8-9)13(19)10-4-2-3-5-12(10)20-14(15,16)17/h2-8,13,19H,1H3. The molecular weight excluding hydrogens is 271 g/mol. The number of aromatic nitrogens is 1. The molecule has 0 aliphatic carbocycles. The summed E-state index contributed by atoms with van der Waals surface area (Å²) in [6.07, 6.45) is -4.56. The highest BCUT2D eigenvalue weighted by Crippen LogP contribution is 2.32. The van der Waals surface area contributed by atoms with Crippen LogP contribution in [0.3, 0.4) is 0 Å². The molecule has 0 aliphatic rings. The highest BCUT2D eigenvalue weighted by atomic mass is 19.4. The summed E-state index contributed by atoms with van der Waals surface area (Å²) < 4.78 is 40.9. The third-order valence-electron chi connectivity index (χ3n) is 2.65. The minimum absolute atomic E-state index is 0.0150. The van der Waals surface area contributed by atoms with Gasteiger partial charge in [-0.1, -0.05) is 24.3 Å². The number of rotatable bonds is 3. The lowest BCUT2D eigenvalue weighted by Gasteiger charge is -2.16. The molecule has 0 radical (unpaired) electrons. The topological polar surface area (TPSA) is 42.4 Å². The molecule has 1 heterocycles. The van der Waals surface area contributed by atoms with Crippen molar-refractivity contribution in [3.63, 3.8) is 0 Å². The fraction of sp³-hybridized carbons (Fsp3) is 0.214. The number of aliphatic hydroxyl groups is 1. The Morgan fingerprint density at radius 3 is 2.45 bits per heavy atom. The van der Waals surface area contributed by atoms with Crippen molar-refractivity contribution in [3.8, 4) is 5.75 Å². The molecule has 2 rings (SSSR count). The first-order valence-electron chi connectivity index (χ1n) is 5.82. The second kappa shape index (κ2) is 5.50. The number of para-hydroxylation sites is 1. The summed E-state index contributed by atoms with van der Waals surface area (Å²) in [5.74, 6) is -0.435. The molecule has 2 aromatic rings. The minimum Gasteiger partial charge on any atom is -0.405 e. The van der Waals surface area contributed by atoms with Crippen molar-refractivity contribution >= 4 is 0 Å². The van der Waals surface area contributed by atoms with E-state index in [2.05, 4.69) is 9.72 Å². The van der Waals surface area contributed by atoms with Gasteiger partial charge in [0.15, 0.2) is 0 Å². The Balaban J connectivity index is 2.34. The number of benzene rings is 1. The summed E-state index contributed by atoms with van der Waals surface area (Å²) in [5, 5.41) is 10.2. The van der Waals surface area contributed by atoms with Gasteiger partial charge in [-0.3, -0.25) is 4.98 Å². The van der Waals surface area contributed by atoms with Crippen LogP contribution in [0.5, 0.6) is 5.75 Å². The van der Waals surface area contributed by atoms with Crippen LogP contribution < -0.4 is 4.74 Å². The van der Waals surface area contributed by atoms with Gasteiger partial charge in [-0.15, -0.1) is 13.2 Å². The highest BCUT2D eigenvalue weighted by Gasteiger charge is 2.33. The van der Waals surface area contributed by atoms with Gasteiger partial charge in [0.1, 0.15) is 11.9 Å². The Kier molecular flexibility index (Phi) is 3.94. The molecule has 6 heteroatoms. The molecule has 3 nitrogen and oxygen atoms in total. The zero-order chi connectivity index (χ0) is 14.8. The van der Waals surface area contributed by atoms with E-state index in [0.717, 1.165) is 11.6 Å². The van der Waals surface area contributed by atoms with E-state index in [0.29, 0.717) is 0 Å². The number of aryl methyl sites for hydroxylation is 1. The molecule has 0 aliphatic heterocycles. The lowest BCUT2D eigenvalue weighted by Crippen LogP contribution is -2.19. The predicted octanol–water partition coefficient (Wildman–Crippen LogP) is 3.37. The monoisotopic (exact) mass is 283 g/mol. The van der Waals surface area contributed by atoms with Gasteiger partial charge < -0.3 is 9.84 Å². The molecule has 106 valence electrons. The van der Waals surface area contributed by atoms with Crippen molar-refractivity contribution in [1.29, 1.82) is 0 Å². The van der Waals surface area contributed by atoms with Crippen molar-refractivity contribution in [2.45, 2.75) is 19.4 Å². The van der Waals surface area contributed by atoms with Crippen LogP contribution in [0.25, 0.3) is 0 Å². The summed E-state index contributed by atoms with van der Waals surface area (Å²) in [5.41, 5.74) is 1.16. The first-order valence-corrected chi connectivity index (χ1v) is 5.82. The maximum atomic E-state index is 12.3. The quantitative estimate of drug-likeness (QED) is 0.939. The van der Waals surface area contributed by atoms with Crippen molar-refractivity contribution in [2.75, 3.05) is 0 Å². The summed E-state index contributed by atoms with van der Waals surface area (Å²) in [4.78, 5) is 4.01. The van der Waals surface area contributed by atoms with Crippen LogP contribution >= 0.6 is 0 Å². The van der Waals surface area contributed by atoms with Gasteiger partial charge in [-0.25, -0.2) is 0 Å². The summed E-state index contributed by atoms with van der Waals surface area (Å²) >= 11 is 0. The van der Waals surface area contributed by atoms with E-state index >= 15 is 0 Å². The molecule has 0 spiro atoms. The number of ether oxygens (including phenoxy) is 1. The van der Waals surface area contributed by atoms with E-state index in [4.69, 9.17) is 0 Å². The Morgan fingerprint density at radius 1 is 1.15 bits per heavy atom. The molecule has 1 atom stereocenters. The Morgan fingerprint density at radius 2 is 1.85 bits per heavy atom. The highest BCUT2D eigenvalue weighted by molar-refractivity contribution is 5.39. The molecule has 0 bridgehead atoms. The van der Waals surface area contributed by atoms with Gasteiger partial charge in [0.25, 0.3) is 0 Å². The van der Waals surface area contributed by atoms with Crippen LogP contribution in [-0.2, 0) is 0 Å². The maximum absolute atomic E-state index is 12.3. The van der Waals surface area contributed by atoms with E-state index in [1.165, 1.54) is 24.4 Å². The number of hydrogen-bond acceptors (Lipinski definition) is 3. The largest absolute Gasteiger partial charge is 0.573 e. The van der Waals surface area contributed by atoms with Crippen molar-refractivity contribution < 1.29 is 23.0 Å². The second-order valence-electron chi connectivity index (χ2n) is 4.25. The summed E-state index contributed by atoms with van der Waals surface area (Å²) in [6.45, 7) is 1.82. The van der Waals surface area contributed by atoms with Gasteiger partial charge in [-0.2, -0.15) is 0 Å². The Labute approximate surface area is 113 Å². The average Bonchev–Trinajstić information content (AvgIpc) is 2.37. The lowest BCUT2D eigenvalue weighted by atomic mass is 10.0. The third kappa shape index (κ3) is 3.48. The number of hydrogen-bond donors (Lipinski definition) is 1. The van der Waals surface area contributed by atoms with E-state index in [9.17, 15) is 18.3 Å². The van der Waals surface area contributed by atoms with Crippen LogP contribution in [0.4, 0.5) is 13.2 Å². The van der Waals surface area contributed by atoms with Crippen LogP contribution in [0.2, 0.25) is 0 Å². The van der Waals surface area contributed by atoms with Crippen LogP contribution in [-0.4, -0.2) is 16.5 Å². The average molecular weight is 283 g/mol. The number of aliphatic hydroxyl groups excluding tert-OH is 1. The molecule has 1 N–H and O–H groups in total. The van der Waals surface area contributed by atoms with E-state index < -0.39 is 18.2 Å². The number of nitrogens with zero attached hydrogens (tertiary/aromatic N) is 1. The summed E-state index contributed by atoms with van der Waals surface area (Å²) in [6, 6.07) is 8.73. The van der Waals surface area contributed by atoms with E-state index in [1.807, 2.05) is 6.92 Å². The van der Waals surface area contributed by atoms with Gasteiger partial charge in [0.2, 0.25) is 0 Å². The third-order valence-corrected chi connectivity index (χ3v) is 2.65. The molecule has 1 unspecified atom stereocenters. The maximum Gasteiger partial charge on any atom is 0.573 e. The second-order valence-corrected chi connectivity index (χ2v) is 4.25. The summed E-state index contributed by atoms with van der Waals surface area (Å²) in [7, 11) is 0. The Hall–Kier alpha value is -2.08. The zero-order valence-electron chi connectivity index (χ0n) is 10.6. The predicted molar refractivity (Wildman–Crippen MR) is 66.2 cm³/mol. The number of halogens is 3. The smallest absolute Gasteiger partial charge is 0.405 e. The van der Waals surface area contributed by atoms with Gasteiger partial charge in [0, 0.05) is 11.8 Å². The van der Waals surface area contributed by atoms with Crippen LogP contribution in [0.15, 0.2) is 42.6 Å².